The van der Waals surface area contributed by atoms with Gasteiger partial charge in [0.1, 0.15) is 11.7 Å². The first-order chi connectivity index (χ1) is 12.6. The lowest BCUT2D eigenvalue weighted by Gasteiger charge is -2.52. The number of amides is 1. The summed E-state index contributed by atoms with van der Waals surface area (Å²) < 4.78 is 11.3. The fourth-order valence-electron chi connectivity index (χ4n) is 5.41. The highest BCUT2D eigenvalue weighted by molar-refractivity contribution is 7.99. The molecule has 8 heteroatoms. The Labute approximate surface area is 159 Å². The zero-order valence-electron chi connectivity index (χ0n) is 15.6. The molecule has 1 amide bonds. The van der Waals surface area contributed by atoms with Crippen molar-refractivity contribution in [2.45, 2.75) is 55.7 Å². The van der Waals surface area contributed by atoms with E-state index in [1.165, 1.54) is 0 Å². The van der Waals surface area contributed by atoms with Gasteiger partial charge < -0.3 is 24.8 Å². The van der Waals surface area contributed by atoms with Crippen molar-refractivity contribution in [3.63, 3.8) is 0 Å². The lowest BCUT2D eigenvalue weighted by atomic mass is 9.66. The third-order valence-corrected chi connectivity index (χ3v) is 7.96. The lowest BCUT2D eigenvalue weighted by Crippen LogP contribution is -2.69. The molecule has 4 aliphatic rings. The molecule has 3 heterocycles. The number of carbonyl (C=O) groups is 1. The van der Waals surface area contributed by atoms with Crippen molar-refractivity contribution in [3.05, 3.63) is 0 Å². The Morgan fingerprint density at radius 1 is 1.23 bits per heavy atom. The van der Waals surface area contributed by atoms with E-state index >= 15 is 0 Å². The first kappa shape index (κ1) is 19.0. The Bertz CT molecular complexity index is 525. The minimum atomic E-state index is -0.799. The van der Waals surface area contributed by atoms with Crippen molar-refractivity contribution in [2.75, 3.05) is 33.1 Å². The summed E-state index contributed by atoms with van der Waals surface area (Å²) in [5.74, 6) is 1.51. The van der Waals surface area contributed by atoms with Crippen LogP contribution in [0.15, 0.2) is 0 Å². The largest absolute Gasteiger partial charge is 0.379 e. The number of methoxy groups -OCH3 is 2. The first-order valence-electron chi connectivity index (χ1n) is 9.79. The zero-order valence-corrected chi connectivity index (χ0v) is 16.4. The monoisotopic (exact) mass is 385 g/mol. The number of hydrogen-bond donors (Lipinski definition) is 3. The Balaban J connectivity index is 1.55. The molecule has 148 valence electrons. The van der Waals surface area contributed by atoms with Crippen LogP contribution in [0, 0.1) is 17.8 Å². The fourth-order valence-corrected chi connectivity index (χ4v) is 6.56. The number of piperidine rings is 1. The van der Waals surface area contributed by atoms with Crippen LogP contribution in [0.2, 0.25) is 0 Å². The SMILES string of the molecule is COC1CC2CCN[C@H](C3C(=O)N4CCCSC4NC3O)C2CC1OC. The molecule has 26 heavy (non-hydrogen) atoms. The Morgan fingerprint density at radius 2 is 2.00 bits per heavy atom. The summed E-state index contributed by atoms with van der Waals surface area (Å²) in [5, 5.41) is 17.6. The fraction of sp³-hybridized carbons (Fsp3) is 0.944. The van der Waals surface area contributed by atoms with Gasteiger partial charge in [-0.1, -0.05) is 0 Å². The second kappa shape index (κ2) is 7.93. The van der Waals surface area contributed by atoms with Crippen LogP contribution in [0.1, 0.15) is 25.7 Å². The third-order valence-electron chi connectivity index (χ3n) is 6.73. The molecule has 7 unspecified atom stereocenters. The summed E-state index contributed by atoms with van der Waals surface area (Å²) in [6.45, 7) is 1.66. The van der Waals surface area contributed by atoms with Crippen LogP contribution < -0.4 is 10.6 Å². The third kappa shape index (κ3) is 3.29. The number of rotatable bonds is 3. The highest BCUT2D eigenvalue weighted by atomic mass is 32.2. The molecule has 7 nitrogen and oxygen atoms in total. The van der Waals surface area contributed by atoms with Gasteiger partial charge in [-0.2, -0.15) is 0 Å². The number of aliphatic hydroxyl groups excluding tert-OH is 1. The van der Waals surface area contributed by atoms with Gasteiger partial charge >= 0.3 is 0 Å². The molecule has 0 radical (unpaired) electrons. The number of fused-ring (bicyclic) bond motifs is 2. The molecule has 3 saturated heterocycles. The van der Waals surface area contributed by atoms with E-state index in [9.17, 15) is 9.90 Å². The van der Waals surface area contributed by atoms with Crippen molar-refractivity contribution in [1.82, 2.24) is 15.5 Å². The van der Waals surface area contributed by atoms with Gasteiger partial charge in [-0.15, -0.1) is 11.8 Å². The summed E-state index contributed by atoms with van der Waals surface area (Å²) in [6.07, 6.45) is 3.30. The maximum Gasteiger partial charge on any atom is 0.233 e. The molecular weight excluding hydrogens is 354 g/mol. The molecule has 4 fully saturated rings. The highest BCUT2D eigenvalue weighted by Gasteiger charge is 2.52. The second-order valence-corrected chi connectivity index (χ2v) is 9.15. The molecule has 0 spiro atoms. The van der Waals surface area contributed by atoms with E-state index in [0.29, 0.717) is 11.8 Å². The van der Waals surface area contributed by atoms with Crippen LogP contribution in [-0.4, -0.2) is 79.0 Å². The van der Waals surface area contributed by atoms with Gasteiger partial charge in [0.05, 0.1) is 18.1 Å². The van der Waals surface area contributed by atoms with Gasteiger partial charge in [0.2, 0.25) is 5.91 Å². The van der Waals surface area contributed by atoms with E-state index in [0.717, 1.165) is 44.5 Å². The lowest BCUT2D eigenvalue weighted by molar-refractivity contribution is -0.157. The maximum atomic E-state index is 13.2. The number of carbonyl (C=O) groups excluding carboxylic acids is 1. The summed E-state index contributed by atoms with van der Waals surface area (Å²) in [6, 6.07) is -0.0212. The van der Waals surface area contributed by atoms with E-state index in [1.807, 2.05) is 4.90 Å². The van der Waals surface area contributed by atoms with Crippen LogP contribution in [-0.2, 0) is 14.3 Å². The first-order valence-corrected chi connectivity index (χ1v) is 10.8. The average Bonchev–Trinajstić information content (AvgIpc) is 2.67. The number of nitrogens with zero attached hydrogens (tertiary/aromatic N) is 1. The van der Waals surface area contributed by atoms with Gasteiger partial charge in [0.15, 0.2) is 0 Å². The molecule has 3 aliphatic heterocycles. The Hall–Kier alpha value is -0.380. The normalized spacial score (nSPS) is 46.6. The molecule has 0 bridgehead atoms. The summed E-state index contributed by atoms with van der Waals surface area (Å²) in [5.41, 5.74) is -0.0853. The molecule has 0 aromatic rings. The Morgan fingerprint density at radius 3 is 2.77 bits per heavy atom. The van der Waals surface area contributed by atoms with Gasteiger partial charge in [0.25, 0.3) is 0 Å². The number of nitrogens with one attached hydrogen (secondary N) is 2. The van der Waals surface area contributed by atoms with Gasteiger partial charge in [-0.3, -0.25) is 10.1 Å². The molecule has 4 rings (SSSR count). The van der Waals surface area contributed by atoms with Crippen LogP contribution in [0.3, 0.4) is 0 Å². The molecule has 1 aliphatic carbocycles. The van der Waals surface area contributed by atoms with E-state index in [2.05, 4.69) is 10.6 Å². The number of ether oxygens (including phenoxy) is 2. The molecular formula is C18H31N3O4S. The number of hydrogen-bond acceptors (Lipinski definition) is 7. The molecule has 0 aromatic carbocycles. The topological polar surface area (TPSA) is 83.1 Å². The predicted molar refractivity (Wildman–Crippen MR) is 99.4 cm³/mol. The van der Waals surface area contributed by atoms with Crippen LogP contribution >= 0.6 is 11.8 Å². The van der Waals surface area contributed by atoms with E-state index in [1.54, 1.807) is 26.0 Å². The van der Waals surface area contributed by atoms with Crippen LogP contribution in [0.4, 0.5) is 0 Å². The van der Waals surface area contributed by atoms with Crippen molar-refractivity contribution in [2.24, 2.45) is 17.8 Å². The van der Waals surface area contributed by atoms with Crippen molar-refractivity contribution in [1.29, 1.82) is 0 Å². The molecule has 1 saturated carbocycles. The standard InChI is InChI=1S/C18H31N3O4S/c1-24-12-8-10-4-5-19-15(11(10)9-13(12)25-2)14-16(22)20-18-21(17(14)23)6-3-7-26-18/h10-16,18-20,22H,3-9H2,1-2H3/t10?,11?,12?,13?,14?,15-,16?,18?/m0/s1. The second-order valence-electron chi connectivity index (χ2n) is 7.96. The minimum absolute atomic E-state index is 0.0212. The molecule has 3 N–H and O–H groups in total. The van der Waals surface area contributed by atoms with E-state index in [4.69, 9.17) is 9.47 Å². The van der Waals surface area contributed by atoms with Crippen molar-refractivity contribution in [3.8, 4) is 0 Å². The summed E-state index contributed by atoms with van der Waals surface area (Å²) >= 11 is 1.71. The summed E-state index contributed by atoms with van der Waals surface area (Å²) in [7, 11) is 3.49. The van der Waals surface area contributed by atoms with E-state index in [-0.39, 0.29) is 29.7 Å². The maximum absolute atomic E-state index is 13.2. The number of aliphatic hydroxyl groups is 1. The minimum Gasteiger partial charge on any atom is -0.379 e. The highest BCUT2D eigenvalue weighted by Crippen LogP contribution is 2.42. The average molecular weight is 386 g/mol. The van der Waals surface area contributed by atoms with Crippen molar-refractivity contribution >= 4 is 17.7 Å². The van der Waals surface area contributed by atoms with Gasteiger partial charge in [-0.25, -0.2) is 0 Å². The quantitative estimate of drug-likeness (QED) is 0.640. The van der Waals surface area contributed by atoms with Gasteiger partial charge in [0, 0.05) is 26.8 Å². The molecule has 8 atom stereocenters. The smallest absolute Gasteiger partial charge is 0.233 e. The zero-order chi connectivity index (χ0) is 18.3. The summed E-state index contributed by atoms with van der Waals surface area (Å²) in [4.78, 5) is 15.2. The molecule has 0 aromatic heterocycles. The van der Waals surface area contributed by atoms with Gasteiger partial charge in [-0.05, 0) is 49.8 Å². The van der Waals surface area contributed by atoms with E-state index < -0.39 is 12.1 Å². The van der Waals surface area contributed by atoms with Crippen LogP contribution in [0.25, 0.3) is 0 Å². The van der Waals surface area contributed by atoms with Crippen molar-refractivity contribution < 1.29 is 19.4 Å². The predicted octanol–water partition coefficient (Wildman–Crippen LogP) is 0.191. The Kier molecular flexibility index (Phi) is 5.78. The number of thioether (sulfide) groups is 1. The van der Waals surface area contributed by atoms with Crippen LogP contribution in [0.5, 0.6) is 0 Å².